The fraction of sp³-hybridized carbons (Fsp3) is 0.0833. The molecule has 0 unspecified atom stereocenters. The molecule has 0 aliphatic carbocycles. The second kappa shape index (κ2) is 6.58. The Kier molecular flexibility index (Phi) is 4.77. The zero-order valence-corrected chi connectivity index (χ0v) is 13.0. The van der Waals surface area contributed by atoms with Gasteiger partial charge < -0.3 is 10.1 Å². The number of hydrogen-bond donors (Lipinski definition) is 1. The van der Waals surface area contributed by atoms with Crippen LogP contribution in [0.1, 0.15) is 9.67 Å². The topological polar surface area (TPSA) is 125 Å². The van der Waals surface area contributed by atoms with Gasteiger partial charge in [0, 0.05) is 18.2 Å². The number of carbonyl (C=O) groups is 1. The van der Waals surface area contributed by atoms with Gasteiger partial charge in [-0.25, -0.2) is 0 Å². The molecule has 1 aromatic heterocycles. The molecule has 2 rings (SSSR count). The van der Waals surface area contributed by atoms with Crippen LogP contribution in [0.4, 0.5) is 17.1 Å². The highest BCUT2D eigenvalue weighted by atomic mass is 35.5. The van der Waals surface area contributed by atoms with E-state index in [0.717, 1.165) is 23.5 Å². The van der Waals surface area contributed by atoms with Gasteiger partial charge in [0.05, 0.1) is 22.6 Å². The Morgan fingerprint density at radius 3 is 2.48 bits per heavy atom. The Morgan fingerprint density at radius 1 is 1.26 bits per heavy atom. The van der Waals surface area contributed by atoms with Crippen LogP contribution in [0.5, 0.6) is 5.75 Å². The Morgan fingerprint density at radius 2 is 1.96 bits per heavy atom. The summed E-state index contributed by atoms with van der Waals surface area (Å²) in [7, 11) is 1.34. The monoisotopic (exact) mass is 357 g/mol. The third kappa shape index (κ3) is 3.55. The molecule has 1 aromatic carbocycles. The summed E-state index contributed by atoms with van der Waals surface area (Å²) in [6.07, 6.45) is 0. The van der Waals surface area contributed by atoms with Crippen molar-refractivity contribution >= 4 is 45.9 Å². The number of carbonyl (C=O) groups excluding carboxylic acids is 1. The largest absolute Gasteiger partial charge is 0.495 e. The van der Waals surface area contributed by atoms with Crippen LogP contribution in [0.3, 0.4) is 0 Å². The third-order valence-electron chi connectivity index (χ3n) is 2.73. The summed E-state index contributed by atoms with van der Waals surface area (Å²) >= 11 is 6.43. The summed E-state index contributed by atoms with van der Waals surface area (Å²) in [5.41, 5.74) is -0.553. The summed E-state index contributed by atoms with van der Waals surface area (Å²) < 4.78 is 4.88. The standard InChI is InChI=1S/C12H8ClN3O6S/c1-22-9-3-2-6(15(18)19)4-7(9)14-12(17)10-5-8(16(20)21)11(13)23-10/h2-5H,1H3,(H,14,17). The number of ether oxygens (including phenoxy) is 1. The molecule has 1 amide bonds. The van der Waals surface area contributed by atoms with E-state index in [1.54, 1.807) is 0 Å². The van der Waals surface area contributed by atoms with Crippen molar-refractivity contribution in [1.29, 1.82) is 0 Å². The van der Waals surface area contributed by atoms with Crippen LogP contribution >= 0.6 is 22.9 Å². The van der Waals surface area contributed by atoms with E-state index in [0.29, 0.717) is 0 Å². The maximum atomic E-state index is 12.1. The van der Waals surface area contributed by atoms with Gasteiger partial charge in [-0.3, -0.25) is 25.0 Å². The number of amides is 1. The van der Waals surface area contributed by atoms with Crippen LogP contribution in [-0.4, -0.2) is 22.9 Å². The Hall–Kier alpha value is -2.72. The van der Waals surface area contributed by atoms with Gasteiger partial charge >= 0.3 is 0 Å². The molecule has 0 saturated carbocycles. The molecule has 0 fully saturated rings. The van der Waals surface area contributed by atoms with E-state index in [4.69, 9.17) is 16.3 Å². The lowest BCUT2D eigenvalue weighted by molar-refractivity contribution is -0.384. The molecular weight excluding hydrogens is 350 g/mol. The van der Waals surface area contributed by atoms with Gasteiger partial charge in [0.25, 0.3) is 17.3 Å². The third-order valence-corrected chi connectivity index (χ3v) is 4.07. The van der Waals surface area contributed by atoms with Crippen molar-refractivity contribution in [1.82, 2.24) is 0 Å². The smallest absolute Gasteiger partial charge is 0.299 e. The van der Waals surface area contributed by atoms with Crippen molar-refractivity contribution < 1.29 is 19.4 Å². The summed E-state index contributed by atoms with van der Waals surface area (Å²) in [5, 5.41) is 23.9. The number of rotatable bonds is 5. The highest BCUT2D eigenvalue weighted by Gasteiger charge is 2.22. The minimum atomic E-state index is -0.705. The zero-order chi connectivity index (χ0) is 17.1. The molecular formula is C12H8ClN3O6S. The average Bonchev–Trinajstić information content (AvgIpc) is 2.89. The van der Waals surface area contributed by atoms with Crippen molar-refractivity contribution in [3.63, 3.8) is 0 Å². The van der Waals surface area contributed by atoms with Crippen molar-refractivity contribution in [2.24, 2.45) is 0 Å². The first kappa shape index (κ1) is 16.6. The molecule has 0 spiro atoms. The number of non-ortho nitro benzene ring substituents is 1. The van der Waals surface area contributed by atoms with Crippen molar-refractivity contribution in [2.45, 2.75) is 0 Å². The van der Waals surface area contributed by atoms with Crippen molar-refractivity contribution in [2.75, 3.05) is 12.4 Å². The molecule has 1 heterocycles. The number of hydrogen-bond acceptors (Lipinski definition) is 7. The van der Waals surface area contributed by atoms with E-state index in [1.807, 2.05) is 0 Å². The van der Waals surface area contributed by atoms with E-state index < -0.39 is 15.8 Å². The van der Waals surface area contributed by atoms with E-state index in [9.17, 15) is 25.0 Å². The predicted octanol–water partition coefficient (Wildman–Crippen LogP) is 3.48. The Labute approximate surface area is 137 Å². The first-order valence-corrected chi connectivity index (χ1v) is 7.10. The van der Waals surface area contributed by atoms with Crippen LogP contribution in [-0.2, 0) is 0 Å². The number of halogens is 1. The summed E-state index contributed by atoms with van der Waals surface area (Å²) in [4.78, 5) is 32.3. The number of nitrogens with one attached hydrogen (secondary N) is 1. The maximum Gasteiger partial charge on any atom is 0.299 e. The van der Waals surface area contributed by atoms with Crippen LogP contribution in [0.2, 0.25) is 4.34 Å². The molecule has 0 radical (unpaired) electrons. The number of nitro benzene ring substituents is 1. The lowest BCUT2D eigenvalue weighted by atomic mass is 10.2. The SMILES string of the molecule is COc1ccc([N+](=O)[O-])cc1NC(=O)c1cc([N+](=O)[O-])c(Cl)s1. The normalized spacial score (nSPS) is 10.2. The van der Waals surface area contributed by atoms with Gasteiger partial charge in [-0.1, -0.05) is 11.6 Å². The van der Waals surface area contributed by atoms with E-state index >= 15 is 0 Å². The lowest BCUT2D eigenvalue weighted by Crippen LogP contribution is -2.11. The molecule has 0 bridgehead atoms. The van der Waals surface area contributed by atoms with Gasteiger partial charge in [-0.05, 0) is 6.07 Å². The van der Waals surface area contributed by atoms with Crippen molar-refractivity contribution in [3.8, 4) is 5.75 Å². The minimum Gasteiger partial charge on any atom is -0.495 e. The molecule has 1 N–H and O–H groups in total. The second-order valence-electron chi connectivity index (χ2n) is 4.12. The molecule has 0 aliphatic rings. The first-order chi connectivity index (χ1) is 10.8. The number of methoxy groups -OCH3 is 1. The minimum absolute atomic E-state index is 0.00439. The molecule has 23 heavy (non-hydrogen) atoms. The van der Waals surface area contributed by atoms with Gasteiger partial charge in [-0.15, -0.1) is 11.3 Å². The molecule has 0 aliphatic heterocycles. The number of nitro groups is 2. The average molecular weight is 358 g/mol. The van der Waals surface area contributed by atoms with Crippen LogP contribution in [0.15, 0.2) is 24.3 Å². The lowest BCUT2D eigenvalue weighted by Gasteiger charge is -2.08. The quantitative estimate of drug-likeness (QED) is 0.645. The summed E-state index contributed by atoms with van der Waals surface area (Å²) in [6.45, 7) is 0. The number of benzene rings is 1. The number of thiophene rings is 1. The predicted molar refractivity (Wildman–Crippen MR) is 83.6 cm³/mol. The maximum absolute atomic E-state index is 12.1. The van der Waals surface area contributed by atoms with Gasteiger partial charge in [0.15, 0.2) is 4.34 Å². The van der Waals surface area contributed by atoms with Crippen LogP contribution < -0.4 is 10.1 Å². The Bertz CT molecular complexity index is 806. The molecule has 120 valence electrons. The van der Waals surface area contributed by atoms with Gasteiger partial charge in [-0.2, -0.15) is 0 Å². The highest BCUT2D eigenvalue weighted by Crippen LogP contribution is 2.35. The zero-order valence-electron chi connectivity index (χ0n) is 11.4. The van der Waals surface area contributed by atoms with Crippen LogP contribution in [0.25, 0.3) is 0 Å². The first-order valence-electron chi connectivity index (χ1n) is 5.91. The Balaban J connectivity index is 2.32. The van der Waals surface area contributed by atoms with E-state index in [2.05, 4.69) is 5.32 Å². The fourth-order valence-electron chi connectivity index (χ4n) is 1.69. The van der Waals surface area contributed by atoms with Crippen molar-refractivity contribution in [3.05, 3.63) is 53.7 Å². The molecule has 0 saturated heterocycles. The number of nitrogens with zero attached hydrogens (tertiary/aromatic N) is 2. The molecule has 0 atom stereocenters. The summed E-state index contributed by atoms with van der Waals surface area (Å²) in [5.74, 6) is -0.482. The number of anilines is 1. The molecule has 9 nitrogen and oxygen atoms in total. The van der Waals surface area contributed by atoms with Gasteiger partial charge in [0.1, 0.15) is 10.6 Å². The molecule has 2 aromatic rings. The highest BCUT2D eigenvalue weighted by molar-refractivity contribution is 7.18. The fourth-order valence-corrected chi connectivity index (χ4v) is 2.81. The van der Waals surface area contributed by atoms with Gasteiger partial charge in [0.2, 0.25) is 0 Å². The summed E-state index contributed by atoms with van der Waals surface area (Å²) in [6, 6.07) is 4.71. The van der Waals surface area contributed by atoms with Crippen LogP contribution in [0, 0.1) is 20.2 Å². The van der Waals surface area contributed by atoms with E-state index in [-0.39, 0.29) is 32.0 Å². The second-order valence-corrected chi connectivity index (χ2v) is 5.78. The van der Waals surface area contributed by atoms with E-state index in [1.165, 1.54) is 19.2 Å². The molecule has 11 heteroatoms.